The van der Waals surface area contributed by atoms with Gasteiger partial charge in [0.05, 0.1) is 28.5 Å². The smallest absolute Gasteiger partial charge is 0.238 e. The Labute approximate surface area is 154 Å². The summed E-state index contributed by atoms with van der Waals surface area (Å²) >= 11 is 0. The third-order valence-corrected chi connectivity index (χ3v) is 5.75. The summed E-state index contributed by atoms with van der Waals surface area (Å²) in [5, 5.41) is 7.22. The van der Waals surface area contributed by atoms with Crippen LogP contribution in [0.2, 0.25) is 0 Å². The van der Waals surface area contributed by atoms with E-state index in [0.717, 1.165) is 22.6 Å². The minimum Gasteiger partial charge on any atom is -0.322 e. The van der Waals surface area contributed by atoms with E-state index >= 15 is 0 Å². The van der Waals surface area contributed by atoms with Gasteiger partial charge in [0, 0.05) is 19.3 Å². The van der Waals surface area contributed by atoms with E-state index in [1.165, 1.54) is 6.26 Å². The zero-order chi connectivity index (χ0) is 19.6. The predicted molar refractivity (Wildman–Crippen MR) is 102 cm³/mol. The summed E-state index contributed by atoms with van der Waals surface area (Å²) in [6, 6.07) is 6.72. The van der Waals surface area contributed by atoms with Crippen molar-refractivity contribution in [1.29, 1.82) is 0 Å². The van der Waals surface area contributed by atoms with E-state index in [4.69, 9.17) is 0 Å². The molecule has 1 amide bonds. The fraction of sp³-hybridized carbons (Fsp3) is 0.444. The molecule has 1 N–H and O–H groups in total. The number of nitrogens with one attached hydrogen (secondary N) is 1. The van der Waals surface area contributed by atoms with E-state index in [1.807, 2.05) is 39.8 Å². The first-order valence-electron chi connectivity index (χ1n) is 8.31. The Hall–Kier alpha value is -2.19. The summed E-state index contributed by atoms with van der Waals surface area (Å²) in [5.41, 5.74) is 3.38. The number of nitrogens with zero attached hydrogens (tertiary/aromatic N) is 3. The molecular formula is C18H26N4O3S. The number of amides is 1. The maximum absolute atomic E-state index is 12.4. The van der Waals surface area contributed by atoms with Crippen LogP contribution < -0.4 is 5.32 Å². The molecule has 7 nitrogen and oxygen atoms in total. The SMILES string of the molecule is Cc1nn(C)c(C)c1NC(=O)CN(C)C(C)c1ccc(S(C)(=O)=O)cc1. The van der Waals surface area contributed by atoms with Gasteiger partial charge in [0.15, 0.2) is 9.84 Å². The van der Waals surface area contributed by atoms with E-state index in [-0.39, 0.29) is 23.4 Å². The van der Waals surface area contributed by atoms with Crippen molar-refractivity contribution in [2.75, 3.05) is 25.2 Å². The minimum absolute atomic E-state index is 0.0366. The molecule has 0 aliphatic rings. The Morgan fingerprint density at radius 3 is 2.31 bits per heavy atom. The number of hydrogen-bond acceptors (Lipinski definition) is 5. The van der Waals surface area contributed by atoms with Gasteiger partial charge in [-0.15, -0.1) is 0 Å². The molecule has 0 saturated heterocycles. The highest BCUT2D eigenvalue weighted by Gasteiger charge is 2.18. The quantitative estimate of drug-likeness (QED) is 0.832. The fourth-order valence-corrected chi connectivity index (χ4v) is 3.38. The van der Waals surface area contributed by atoms with Crippen LogP contribution in [0.3, 0.4) is 0 Å². The number of rotatable bonds is 6. The number of carbonyl (C=O) groups is 1. The lowest BCUT2D eigenvalue weighted by Crippen LogP contribution is -2.32. The van der Waals surface area contributed by atoms with E-state index < -0.39 is 9.84 Å². The Morgan fingerprint density at radius 2 is 1.85 bits per heavy atom. The van der Waals surface area contributed by atoms with Crippen LogP contribution in [-0.2, 0) is 21.7 Å². The molecule has 142 valence electrons. The second-order valence-electron chi connectivity index (χ2n) is 6.65. The Kier molecular flexibility index (Phi) is 5.87. The Balaban J connectivity index is 2.04. The highest BCUT2D eigenvalue weighted by Crippen LogP contribution is 2.22. The van der Waals surface area contributed by atoms with E-state index in [1.54, 1.807) is 28.9 Å². The molecule has 0 bridgehead atoms. The van der Waals surface area contributed by atoms with Gasteiger partial charge in [-0.2, -0.15) is 5.10 Å². The van der Waals surface area contributed by atoms with Crippen LogP contribution in [0.25, 0.3) is 0 Å². The topological polar surface area (TPSA) is 84.3 Å². The van der Waals surface area contributed by atoms with Crippen molar-refractivity contribution in [2.24, 2.45) is 7.05 Å². The lowest BCUT2D eigenvalue weighted by Gasteiger charge is -2.24. The van der Waals surface area contributed by atoms with Crippen LogP contribution in [0, 0.1) is 13.8 Å². The maximum atomic E-state index is 12.4. The van der Waals surface area contributed by atoms with Crippen molar-refractivity contribution in [3.05, 3.63) is 41.2 Å². The van der Waals surface area contributed by atoms with Crippen LogP contribution >= 0.6 is 0 Å². The lowest BCUT2D eigenvalue weighted by atomic mass is 10.1. The van der Waals surface area contributed by atoms with E-state index in [0.29, 0.717) is 0 Å². The fourth-order valence-electron chi connectivity index (χ4n) is 2.74. The number of anilines is 1. The summed E-state index contributed by atoms with van der Waals surface area (Å²) in [6.45, 7) is 5.95. The molecule has 1 atom stereocenters. The standard InChI is InChI=1S/C18H26N4O3S/c1-12-18(14(3)22(5)20-12)19-17(23)11-21(4)13(2)15-7-9-16(10-8-15)26(6,24)25/h7-10,13H,11H2,1-6H3,(H,19,23). The molecule has 0 fully saturated rings. The Bertz CT molecular complexity index is 901. The minimum atomic E-state index is -3.21. The van der Waals surface area contributed by atoms with Gasteiger partial charge < -0.3 is 5.32 Å². The van der Waals surface area contributed by atoms with Crippen molar-refractivity contribution in [3.63, 3.8) is 0 Å². The molecule has 1 unspecified atom stereocenters. The van der Waals surface area contributed by atoms with Gasteiger partial charge in [-0.1, -0.05) is 12.1 Å². The second kappa shape index (κ2) is 7.59. The molecule has 0 saturated carbocycles. The highest BCUT2D eigenvalue weighted by atomic mass is 32.2. The van der Waals surface area contributed by atoms with Crippen molar-refractivity contribution < 1.29 is 13.2 Å². The zero-order valence-electron chi connectivity index (χ0n) is 16.1. The summed E-state index contributed by atoms with van der Waals surface area (Å²) in [4.78, 5) is 14.6. The van der Waals surface area contributed by atoms with E-state index in [2.05, 4.69) is 10.4 Å². The van der Waals surface area contributed by atoms with Gasteiger partial charge in [-0.05, 0) is 45.5 Å². The zero-order valence-corrected chi connectivity index (χ0v) is 16.9. The highest BCUT2D eigenvalue weighted by molar-refractivity contribution is 7.90. The molecule has 2 aromatic rings. The largest absolute Gasteiger partial charge is 0.322 e. The molecular weight excluding hydrogens is 352 g/mol. The molecule has 8 heteroatoms. The summed E-state index contributed by atoms with van der Waals surface area (Å²) in [5.74, 6) is -0.119. The number of aryl methyl sites for hydroxylation is 2. The molecule has 0 aliphatic heterocycles. The number of aromatic nitrogens is 2. The normalized spacial score (nSPS) is 13.0. The molecule has 0 radical (unpaired) electrons. The van der Waals surface area contributed by atoms with Crippen molar-refractivity contribution in [3.8, 4) is 0 Å². The average molecular weight is 378 g/mol. The number of hydrogen-bond donors (Lipinski definition) is 1. The molecule has 1 aromatic carbocycles. The Morgan fingerprint density at radius 1 is 1.27 bits per heavy atom. The van der Waals surface area contributed by atoms with Crippen molar-refractivity contribution in [2.45, 2.75) is 31.7 Å². The number of benzene rings is 1. The van der Waals surface area contributed by atoms with Crippen LogP contribution in [0.1, 0.15) is 29.9 Å². The van der Waals surface area contributed by atoms with Crippen LogP contribution in [0.5, 0.6) is 0 Å². The molecule has 2 rings (SSSR count). The molecule has 0 spiro atoms. The van der Waals surface area contributed by atoms with E-state index in [9.17, 15) is 13.2 Å². The molecule has 0 aliphatic carbocycles. The third kappa shape index (κ3) is 4.50. The summed E-state index contributed by atoms with van der Waals surface area (Å²) in [7, 11) is 0.487. The molecule has 1 heterocycles. The number of likely N-dealkylation sites (N-methyl/N-ethyl adjacent to an activating group) is 1. The summed E-state index contributed by atoms with van der Waals surface area (Å²) < 4.78 is 24.8. The van der Waals surface area contributed by atoms with Gasteiger partial charge >= 0.3 is 0 Å². The van der Waals surface area contributed by atoms with Crippen LogP contribution in [-0.4, -0.2) is 48.9 Å². The van der Waals surface area contributed by atoms with Crippen LogP contribution in [0.15, 0.2) is 29.2 Å². The van der Waals surface area contributed by atoms with Gasteiger partial charge in [-0.3, -0.25) is 14.4 Å². The summed E-state index contributed by atoms with van der Waals surface area (Å²) in [6.07, 6.45) is 1.18. The lowest BCUT2D eigenvalue weighted by molar-refractivity contribution is -0.117. The van der Waals surface area contributed by atoms with Gasteiger partial charge in [0.1, 0.15) is 0 Å². The van der Waals surface area contributed by atoms with Crippen molar-refractivity contribution >= 4 is 21.4 Å². The maximum Gasteiger partial charge on any atom is 0.238 e. The van der Waals surface area contributed by atoms with Gasteiger partial charge in [0.25, 0.3) is 0 Å². The second-order valence-corrected chi connectivity index (χ2v) is 8.67. The van der Waals surface area contributed by atoms with Gasteiger partial charge in [-0.25, -0.2) is 8.42 Å². The first kappa shape index (κ1) is 20.1. The predicted octanol–water partition coefficient (Wildman–Crippen LogP) is 2.07. The average Bonchev–Trinajstić information content (AvgIpc) is 2.79. The van der Waals surface area contributed by atoms with Gasteiger partial charge in [0.2, 0.25) is 5.91 Å². The molecule has 1 aromatic heterocycles. The first-order valence-corrected chi connectivity index (χ1v) is 10.2. The van der Waals surface area contributed by atoms with Crippen LogP contribution in [0.4, 0.5) is 5.69 Å². The first-order chi connectivity index (χ1) is 12.0. The molecule has 26 heavy (non-hydrogen) atoms. The third-order valence-electron chi connectivity index (χ3n) is 4.62. The monoisotopic (exact) mass is 378 g/mol. The number of carbonyl (C=O) groups excluding carboxylic acids is 1. The number of sulfone groups is 1. The van der Waals surface area contributed by atoms with Crippen molar-refractivity contribution in [1.82, 2.24) is 14.7 Å².